The average molecular weight is 196 g/mol. The van der Waals surface area contributed by atoms with Crippen molar-refractivity contribution in [1.82, 2.24) is 0 Å². The maximum atomic E-state index is 10.9. The second kappa shape index (κ2) is 4.63. The molecule has 1 aliphatic carbocycles. The van der Waals surface area contributed by atoms with E-state index in [9.17, 15) is 4.79 Å². The van der Waals surface area contributed by atoms with Gasteiger partial charge in [-0.05, 0) is 32.1 Å². The molecular weight excluding hydrogens is 176 g/mol. The predicted octanol–water partition coefficient (Wildman–Crippen LogP) is 2.93. The van der Waals surface area contributed by atoms with Crippen LogP contribution in [0.1, 0.15) is 40.0 Å². The van der Waals surface area contributed by atoms with Crippen molar-refractivity contribution >= 4 is 5.97 Å². The minimum absolute atomic E-state index is 0.0637. The molecule has 0 aromatic heterocycles. The minimum Gasteiger partial charge on any atom is -0.462 e. The van der Waals surface area contributed by atoms with Gasteiger partial charge < -0.3 is 4.74 Å². The molecule has 0 aromatic rings. The summed E-state index contributed by atoms with van der Waals surface area (Å²) in [6.45, 7) is 9.69. The quantitative estimate of drug-likeness (QED) is 0.501. The fourth-order valence-corrected chi connectivity index (χ4v) is 2.24. The van der Waals surface area contributed by atoms with Crippen LogP contribution in [0.2, 0.25) is 0 Å². The summed E-state index contributed by atoms with van der Waals surface area (Å²) in [6, 6.07) is 0. The normalized spacial score (nSPS) is 32.4. The van der Waals surface area contributed by atoms with Gasteiger partial charge in [0.1, 0.15) is 6.10 Å². The van der Waals surface area contributed by atoms with Crippen LogP contribution >= 0.6 is 0 Å². The molecule has 1 aliphatic rings. The molecule has 80 valence electrons. The molecule has 0 radical (unpaired) electrons. The molecule has 0 spiro atoms. The summed E-state index contributed by atoms with van der Waals surface area (Å²) in [6.07, 6.45) is 3.37. The maximum absolute atomic E-state index is 10.9. The number of hydrogen-bond donors (Lipinski definition) is 0. The lowest BCUT2D eigenvalue weighted by Gasteiger charge is -2.34. The third-order valence-corrected chi connectivity index (χ3v) is 3.00. The number of carbonyl (C=O) groups is 1. The molecule has 1 saturated carbocycles. The fourth-order valence-electron chi connectivity index (χ4n) is 2.24. The van der Waals surface area contributed by atoms with Crippen LogP contribution in [0.5, 0.6) is 0 Å². The Hall–Kier alpha value is -0.790. The van der Waals surface area contributed by atoms with E-state index in [1.807, 2.05) is 6.92 Å². The lowest BCUT2D eigenvalue weighted by molar-refractivity contribution is -0.150. The summed E-state index contributed by atoms with van der Waals surface area (Å²) < 4.78 is 5.34. The van der Waals surface area contributed by atoms with Crippen LogP contribution in [0, 0.1) is 11.8 Å². The van der Waals surface area contributed by atoms with Crippen molar-refractivity contribution in [3.8, 4) is 0 Å². The first-order valence-electron chi connectivity index (χ1n) is 5.33. The zero-order chi connectivity index (χ0) is 10.7. The molecule has 0 aliphatic heterocycles. The van der Waals surface area contributed by atoms with E-state index in [1.54, 1.807) is 0 Å². The molecule has 2 heteroatoms. The third-order valence-electron chi connectivity index (χ3n) is 3.00. The molecule has 3 unspecified atom stereocenters. The molecule has 0 aromatic carbocycles. The Kier molecular flexibility index (Phi) is 3.73. The van der Waals surface area contributed by atoms with E-state index in [0.29, 0.717) is 11.8 Å². The first kappa shape index (κ1) is 11.3. The second-order valence-corrected chi connectivity index (χ2v) is 4.52. The number of carbonyl (C=O) groups excluding carboxylic acids is 1. The van der Waals surface area contributed by atoms with Crippen molar-refractivity contribution in [3.63, 3.8) is 0 Å². The summed E-state index contributed by atoms with van der Waals surface area (Å²) in [4.78, 5) is 10.9. The van der Waals surface area contributed by atoms with E-state index in [1.165, 1.54) is 13.3 Å². The highest BCUT2D eigenvalue weighted by atomic mass is 16.5. The lowest BCUT2D eigenvalue weighted by Crippen LogP contribution is -2.32. The molecule has 3 atom stereocenters. The van der Waals surface area contributed by atoms with Gasteiger partial charge in [0.15, 0.2) is 0 Å². The van der Waals surface area contributed by atoms with Crippen LogP contribution in [0.3, 0.4) is 0 Å². The summed E-state index contributed by atoms with van der Waals surface area (Å²) in [5.41, 5.74) is 1.14. The van der Waals surface area contributed by atoms with Gasteiger partial charge in [-0.15, -0.1) is 0 Å². The summed E-state index contributed by atoms with van der Waals surface area (Å²) in [7, 11) is 0. The molecular formula is C12H20O2. The van der Waals surface area contributed by atoms with E-state index in [-0.39, 0.29) is 12.1 Å². The Morgan fingerprint density at radius 2 is 2.00 bits per heavy atom. The first-order chi connectivity index (χ1) is 6.50. The Balaban J connectivity index is 2.63. The van der Waals surface area contributed by atoms with Gasteiger partial charge in [0, 0.05) is 12.8 Å². The minimum atomic E-state index is -0.171. The standard InChI is InChI=1S/C12H20O2/c1-8(2)11-6-5-9(3)7-12(11)14-10(4)13/h9,11-12H,1,5-7H2,2-4H3. The van der Waals surface area contributed by atoms with E-state index in [2.05, 4.69) is 13.5 Å². The van der Waals surface area contributed by atoms with E-state index < -0.39 is 0 Å². The molecule has 0 heterocycles. The van der Waals surface area contributed by atoms with Crippen molar-refractivity contribution in [3.05, 3.63) is 12.2 Å². The number of hydrogen-bond acceptors (Lipinski definition) is 2. The summed E-state index contributed by atoms with van der Waals surface area (Å²) in [5.74, 6) is 0.861. The van der Waals surface area contributed by atoms with E-state index in [0.717, 1.165) is 18.4 Å². The highest BCUT2D eigenvalue weighted by Gasteiger charge is 2.31. The molecule has 0 amide bonds. The van der Waals surface area contributed by atoms with Gasteiger partial charge in [-0.25, -0.2) is 0 Å². The predicted molar refractivity (Wildman–Crippen MR) is 56.9 cm³/mol. The van der Waals surface area contributed by atoms with Crippen molar-refractivity contribution < 1.29 is 9.53 Å². The Bertz CT molecular complexity index is 232. The van der Waals surface area contributed by atoms with Crippen LogP contribution in [0.25, 0.3) is 0 Å². The van der Waals surface area contributed by atoms with Gasteiger partial charge in [-0.3, -0.25) is 4.79 Å². The molecule has 14 heavy (non-hydrogen) atoms. The average Bonchev–Trinajstić information content (AvgIpc) is 2.01. The number of esters is 1. The molecule has 1 rings (SSSR count). The van der Waals surface area contributed by atoms with E-state index in [4.69, 9.17) is 4.74 Å². The van der Waals surface area contributed by atoms with Crippen LogP contribution in [-0.4, -0.2) is 12.1 Å². The van der Waals surface area contributed by atoms with Crippen molar-refractivity contribution in [2.75, 3.05) is 0 Å². The van der Waals surface area contributed by atoms with Gasteiger partial charge in [0.2, 0.25) is 0 Å². The maximum Gasteiger partial charge on any atom is 0.302 e. The van der Waals surface area contributed by atoms with Gasteiger partial charge in [-0.1, -0.05) is 19.1 Å². The van der Waals surface area contributed by atoms with Gasteiger partial charge in [0.05, 0.1) is 0 Å². The molecule has 0 saturated heterocycles. The zero-order valence-corrected chi connectivity index (χ0v) is 9.38. The molecule has 1 fully saturated rings. The Labute approximate surface area is 86.3 Å². The second-order valence-electron chi connectivity index (χ2n) is 4.52. The Morgan fingerprint density at radius 1 is 1.36 bits per heavy atom. The topological polar surface area (TPSA) is 26.3 Å². The largest absolute Gasteiger partial charge is 0.462 e. The first-order valence-corrected chi connectivity index (χ1v) is 5.33. The van der Waals surface area contributed by atoms with Crippen molar-refractivity contribution in [1.29, 1.82) is 0 Å². The Morgan fingerprint density at radius 3 is 2.50 bits per heavy atom. The zero-order valence-electron chi connectivity index (χ0n) is 9.38. The van der Waals surface area contributed by atoms with Crippen LogP contribution in [-0.2, 0) is 9.53 Å². The van der Waals surface area contributed by atoms with Crippen molar-refractivity contribution in [2.24, 2.45) is 11.8 Å². The smallest absolute Gasteiger partial charge is 0.302 e. The summed E-state index contributed by atoms with van der Waals surface area (Å²) >= 11 is 0. The van der Waals surface area contributed by atoms with Crippen LogP contribution in [0.15, 0.2) is 12.2 Å². The lowest BCUT2D eigenvalue weighted by atomic mass is 9.78. The third kappa shape index (κ3) is 2.86. The number of ether oxygens (including phenoxy) is 1. The number of rotatable bonds is 2. The van der Waals surface area contributed by atoms with Gasteiger partial charge >= 0.3 is 5.97 Å². The van der Waals surface area contributed by atoms with Crippen LogP contribution in [0.4, 0.5) is 0 Å². The van der Waals surface area contributed by atoms with E-state index >= 15 is 0 Å². The summed E-state index contributed by atoms with van der Waals surface area (Å²) in [5, 5.41) is 0. The highest BCUT2D eigenvalue weighted by molar-refractivity contribution is 5.66. The monoisotopic (exact) mass is 196 g/mol. The van der Waals surface area contributed by atoms with Crippen molar-refractivity contribution in [2.45, 2.75) is 46.1 Å². The molecule has 0 bridgehead atoms. The SMILES string of the molecule is C=C(C)C1CCC(C)CC1OC(C)=O. The van der Waals surface area contributed by atoms with Gasteiger partial charge in [-0.2, -0.15) is 0 Å². The molecule has 0 N–H and O–H groups in total. The fraction of sp³-hybridized carbons (Fsp3) is 0.750. The van der Waals surface area contributed by atoms with Gasteiger partial charge in [0.25, 0.3) is 0 Å². The van der Waals surface area contributed by atoms with Crippen LogP contribution < -0.4 is 0 Å². The highest BCUT2D eigenvalue weighted by Crippen LogP contribution is 2.34. The molecule has 2 nitrogen and oxygen atoms in total.